The molecule has 0 radical (unpaired) electrons. The Bertz CT molecular complexity index is 3770. The summed E-state index contributed by atoms with van der Waals surface area (Å²) in [6.45, 7) is 9.53. The first-order valence-corrected chi connectivity index (χ1v) is 29.6. The van der Waals surface area contributed by atoms with Gasteiger partial charge in [0, 0.05) is 20.9 Å². The summed E-state index contributed by atoms with van der Waals surface area (Å²) in [6.07, 6.45) is 13.3. The van der Waals surface area contributed by atoms with Crippen LogP contribution in [0.5, 0.6) is 0 Å². The Labute approximate surface area is 449 Å². The molecule has 5 nitrogen and oxygen atoms in total. The Kier molecular flexibility index (Phi) is 14.3. The normalized spacial score (nSPS) is 14.6. The van der Waals surface area contributed by atoms with Gasteiger partial charge in [-0.25, -0.2) is 0 Å². The molecule has 357 valence electrons. The van der Waals surface area contributed by atoms with Crippen molar-refractivity contribution in [1.82, 2.24) is 18.7 Å². The third-order valence-electron chi connectivity index (χ3n) is 13.2. The number of fused-ring (bicyclic) bond motifs is 2. The number of benzene rings is 6. The average molecular weight is 1200 g/mol. The molecule has 0 aliphatic carbocycles. The van der Waals surface area contributed by atoms with Gasteiger partial charge in [-0.3, -0.25) is 0 Å². The molecule has 0 unspecified atom stereocenters. The SMILES string of the molecule is CC=C1COCC1=CC(/C=C/c1ccc(-c2c3nsnc3c(-c3ccc(/C=C/C)s3)c3nc(-c4ccc(C)cc4)c(-c4ccc(C)cc4)nc23)s1)=C([C]#[Os])[P+](c1ccccc1)(c1ccccc1)c1ccccc1. The van der Waals surface area contributed by atoms with Crippen molar-refractivity contribution >= 4 is 91.8 Å². The summed E-state index contributed by atoms with van der Waals surface area (Å²) in [5.41, 5.74) is 14.7. The van der Waals surface area contributed by atoms with Gasteiger partial charge in [0.25, 0.3) is 0 Å². The van der Waals surface area contributed by atoms with Crippen molar-refractivity contribution in [2.75, 3.05) is 13.2 Å². The van der Waals surface area contributed by atoms with Gasteiger partial charge in [0.1, 0.15) is 0 Å². The second-order valence-electron chi connectivity index (χ2n) is 17.8. The Hall–Kier alpha value is -6.61. The Balaban J connectivity index is 1.15. The van der Waals surface area contributed by atoms with Crippen molar-refractivity contribution in [2.45, 2.75) is 27.7 Å². The van der Waals surface area contributed by atoms with Crippen molar-refractivity contribution < 1.29 is 22.7 Å². The van der Waals surface area contributed by atoms with E-state index in [1.807, 2.05) is 0 Å². The van der Waals surface area contributed by atoms with Crippen LogP contribution in [0.4, 0.5) is 0 Å². The topological polar surface area (TPSA) is 60.8 Å². The summed E-state index contributed by atoms with van der Waals surface area (Å²) in [4.78, 5) is 15.8. The number of rotatable bonds is 12. The fraction of sp³-hybridized carbons (Fsp3) is 0.0952. The number of ether oxygens (including phenoxy) is 1. The van der Waals surface area contributed by atoms with Crippen LogP contribution in [0.1, 0.15) is 34.7 Å². The van der Waals surface area contributed by atoms with Crippen LogP contribution in [0, 0.1) is 18.2 Å². The van der Waals surface area contributed by atoms with Crippen LogP contribution in [0.15, 0.2) is 210 Å². The second kappa shape index (κ2) is 21.5. The van der Waals surface area contributed by atoms with Crippen molar-refractivity contribution in [1.29, 1.82) is 0 Å². The summed E-state index contributed by atoms with van der Waals surface area (Å²) in [6, 6.07) is 59.1. The minimum atomic E-state index is -2.52. The van der Waals surface area contributed by atoms with Crippen molar-refractivity contribution in [3.8, 4) is 47.8 Å². The van der Waals surface area contributed by atoms with Gasteiger partial charge in [-0.15, -0.1) is 11.3 Å². The van der Waals surface area contributed by atoms with E-state index in [-0.39, 0.29) is 0 Å². The van der Waals surface area contributed by atoms with E-state index in [2.05, 4.69) is 232 Å². The summed E-state index contributed by atoms with van der Waals surface area (Å²) in [5.74, 6) is 0. The molecular formula is C63H49N4OOsPS3+. The Morgan fingerprint density at radius 3 is 1.48 bits per heavy atom. The summed E-state index contributed by atoms with van der Waals surface area (Å²) in [7, 11) is -2.52. The number of allylic oxidation sites excluding steroid dienone is 6. The Morgan fingerprint density at radius 1 is 0.562 bits per heavy atom. The van der Waals surface area contributed by atoms with E-state index in [0.717, 1.165) is 80.8 Å². The molecule has 10 heteroatoms. The number of nitrogens with zero attached hydrogens (tertiary/aromatic N) is 4. The van der Waals surface area contributed by atoms with Gasteiger partial charge in [0.15, 0.2) is 0 Å². The molecule has 6 aromatic carbocycles. The predicted octanol–water partition coefficient (Wildman–Crippen LogP) is 15.7. The number of aromatic nitrogens is 4. The molecule has 1 aliphatic rings. The van der Waals surface area contributed by atoms with Crippen LogP contribution < -0.4 is 15.9 Å². The van der Waals surface area contributed by atoms with Crippen molar-refractivity contribution in [2.24, 2.45) is 0 Å². The van der Waals surface area contributed by atoms with E-state index in [1.165, 1.54) is 55.2 Å². The van der Waals surface area contributed by atoms with Crippen LogP contribution in [-0.2, 0) is 22.7 Å². The molecule has 4 aromatic heterocycles. The van der Waals surface area contributed by atoms with Gasteiger partial charge in [-0.05, 0) is 39.0 Å². The third-order valence-corrected chi connectivity index (χ3v) is 21.3. The van der Waals surface area contributed by atoms with Gasteiger partial charge in [-0.1, -0.05) is 65.7 Å². The molecule has 1 saturated heterocycles. The first kappa shape index (κ1) is 48.6. The standard InChI is InChI=1S/C63H49N4OPS3.Os/c1-6-17-52-34-36-54(70-52)56-60-61(65-59(46-30-26-42(4)27-31-46)58(64-60)45-28-24-41(3)25-29-45)57(63-62(56)66-72-67-63)55-37-35-53(71-55)33-32-47(38-48-40-68-39-44(48)7-2)43(5)69(49-18-11-8-12-19-49,50-20-13-9-14-21-50)51-22-15-10-16-23-51;/h6-38H,39-40H2,1-4H3;/q+1;/b17-6+,33-32+,44-7?,47-43?,48-38?;. The molecule has 0 amide bonds. The fourth-order valence-corrected chi connectivity index (χ4v) is 18.0. The molecule has 73 heavy (non-hydrogen) atoms. The van der Waals surface area contributed by atoms with Crippen LogP contribution >= 0.6 is 41.7 Å². The van der Waals surface area contributed by atoms with Gasteiger partial charge in [-0.2, -0.15) is 0 Å². The van der Waals surface area contributed by atoms with Gasteiger partial charge < -0.3 is 0 Å². The number of aryl methyl sites for hydroxylation is 2. The van der Waals surface area contributed by atoms with Crippen LogP contribution in [0.3, 0.4) is 0 Å². The average Bonchev–Trinajstić information content (AvgIpc) is 4.29. The molecule has 5 heterocycles. The number of hydrogen-bond acceptors (Lipinski definition) is 8. The Morgan fingerprint density at radius 2 is 1.03 bits per heavy atom. The van der Waals surface area contributed by atoms with E-state index >= 15 is 0 Å². The van der Waals surface area contributed by atoms with E-state index in [0.29, 0.717) is 13.2 Å². The van der Waals surface area contributed by atoms with Crippen molar-refractivity contribution in [3.63, 3.8) is 0 Å². The van der Waals surface area contributed by atoms with E-state index < -0.39 is 7.26 Å². The molecule has 0 atom stereocenters. The third kappa shape index (κ3) is 9.38. The van der Waals surface area contributed by atoms with Crippen LogP contribution in [-0.4, -0.2) is 31.9 Å². The van der Waals surface area contributed by atoms with Crippen molar-refractivity contribution in [3.05, 3.63) is 231 Å². The zero-order chi connectivity index (χ0) is 49.9. The second-order valence-corrected chi connectivity index (χ2v) is 24.6. The molecule has 0 saturated carbocycles. The number of hydrogen-bond donors (Lipinski definition) is 0. The first-order chi connectivity index (χ1) is 35.9. The van der Waals surface area contributed by atoms with Gasteiger partial charge in [0.2, 0.25) is 0 Å². The maximum absolute atomic E-state index is 6.11. The predicted molar refractivity (Wildman–Crippen MR) is 310 cm³/mol. The molecule has 1 fully saturated rings. The molecular weight excluding hydrogens is 1150 g/mol. The molecule has 0 spiro atoms. The zero-order valence-corrected chi connectivity index (χ0v) is 46.6. The summed E-state index contributed by atoms with van der Waals surface area (Å²) < 4.78 is 20.1. The summed E-state index contributed by atoms with van der Waals surface area (Å²) in [5, 5.41) is 4.98. The van der Waals surface area contributed by atoms with E-state index in [4.69, 9.17) is 23.5 Å². The number of thiophene rings is 2. The zero-order valence-electron chi connectivity index (χ0n) is 40.7. The van der Waals surface area contributed by atoms with Crippen LogP contribution in [0.25, 0.3) is 77.6 Å². The quantitative estimate of drug-likeness (QED) is 0.0901. The molecule has 1 aliphatic heterocycles. The molecule has 10 aromatic rings. The molecule has 0 N–H and O–H groups in total. The van der Waals surface area contributed by atoms with Gasteiger partial charge in [0.05, 0.1) is 5.69 Å². The fourth-order valence-electron chi connectivity index (χ4n) is 9.64. The molecule has 11 rings (SSSR count). The van der Waals surface area contributed by atoms with Gasteiger partial charge >= 0.3 is 310 Å². The van der Waals surface area contributed by atoms with Crippen LogP contribution in [0.2, 0.25) is 0 Å². The molecule has 0 bridgehead atoms. The summed E-state index contributed by atoms with van der Waals surface area (Å²) >= 11 is 6.50. The maximum atomic E-state index is 6.11. The minimum absolute atomic E-state index is 0.549. The first-order valence-electron chi connectivity index (χ1n) is 24.1. The van der Waals surface area contributed by atoms with E-state index in [1.54, 1.807) is 40.6 Å². The van der Waals surface area contributed by atoms with E-state index in [9.17, 15) is 0 Å². The monoisotopic (exact) mass is 1200 g/mol.